The zero-order valence-corrected chi connectivity index (χ0v) is 10.7. The fourth-order valence-electron chi connectivity index (χ4n) is 1.33. The first-order valence-corrected chi connectivity index (χ1v) is 7.11. The van der Waals surface area contributed by atoms with Crippen LogP contribution in [0.15, 0.2) is 22.7 Å². The molecular formula is C10H12BrNO2S. The standard InChI is InChI=1S/C10H12BrNO2S/c1-7-2-5-9(11)10(6-7)12-15(13,14)8-3-4-8/h2,5-6,8,12H,3-4H2,1H3. The summed E-state index contributed by atoms with van der Waals surface area (Å²) in [5.41, 5.74) is 1.66. The molecule has 1 aliphatic rings. The molecule has 1 fully saturated rings. The van der Waals surface area contributed by atoms with Crippen molar-refractivity contribution in [1.29, 1.82) is 0 Å². The molecule has 0 radical (unpaired) electrons. The maximum atomic E-state index is 11.7. The Labute approximate surface area is 98.1 Å². The highest BCUT2D eigenvalue weighted by Crippen LogP contribution is 2.32. The summed E-state index contributed by atoms with van der Waals surface area (Å²) in [4.78, 5) is 0. The van der Waals surface area contributed by atoms with Gasteiger partial charge >= 0.3 is 0 Å². The number of halogens is 1. The minimum Gasteiger partial charge on any atom is -0.282 e. The first kappa shape index (κ1) is 11.0. The molecule has 1 aliphatic carbocycles. The van der Waals surface area contributed by atoms with Crippen LogP contribution in [0.1, 0.15) is 18.4 Å². The molecule has 2 rings (SSSR count). The SMILES string of the molecule is Cc1ccc(Br)c(NS(=O)(=O)C2CC2)c1. The number of aryl methyl sites for hydroxylation is 1. The Morgan fingerprint density at radius 3 is 2.67 bits per heavy atom. The Hall–Kier alpha value is -0.550. The lowest BCUT2D eigenvalue weighted by Gasteiger charge is -2.09. The highest BCUT2D eigenvalue weighted by molar-refractivity contribution is 9.10. The number of hydrogen-bond donors (Lipinski definition) is 1. The highest BCUT2D eigenvalue weighted by Gasteiger charge is 2.35. The molecule has 0 aromatic heterocycles. The van der Waals surface area contributed by atoms with Gasteiger partial charge in [0.1, 0.15) is 0 Å². The summed E-state index contributed by atoms with van der Waals surface area (Å²) in [6.45, 7) is 1.93. The molecule has 3 nitrogen and oxygen atoms in total. The van der Waals surface area contributed by atoms with E-state index in [4.69, 9.17) is 0 Å². The zero-order chi connectivity index (χ0) is 11.1. The van der Waals surface area contributed by atoms with Crippen molar-refractivity contribution in [3.05, 3.63) is 28.2 Å². The zero-order valence-electron chi connectivity index (χ0n) is 8.33. The third-order valence-corrected chi connectivity index (χ3v) is 4.88. The minimum atomic E-state index is -3.16. The highest BCUT2D eigenvalue weighted by atomic mass is 79.9. The van der Waals surface area contributed by atoms with Crippen LogP contribution < -0.4 is 4.72 Å². The van der Waals surface area contributed by atoms with Crippen LogP contribution in [0.4, 0.5) is 5.69 Å². The van der Waals surface area contributed by atoms with Crippen molar-refractivity contribution in [1.82, 2.24) is 0 Å². The van der Waals surface area contributed by atoms with E-state index < -0.39 is 10.0 Å². The van der Waals surface area contributed by atoms with E-state index in [0.717, 1.165) is 22.9 Å². The van der Waals surface area contributed by atoms with Crippen molar-refractivity contribution in [3.63, 3.8) is 0 Å². The number of nitrogens with one attached hydrogen (secondary N) is 1. The second-order valence-electron chi connectivity index (χ2n) is 3.83. The fourth-order valence-corrected chi connectivity index (χ4v) is 3.21. The molecule has 0 spiro atoms. The van der Waals surface area contributed by atoms with E-state index in [0.29, 0.717) is 5.69 Å². The van der Waals surface area contributed by atoms with Crippen LogP contribution in [0, 0.1) is 6.92 Å². The van der Waals surface area contributed by atoms with Gasteiger partial charge in [0.15, 0.2) is 0 Å². The lowest BCUT2D eigenvalue weighted by molar-refractivity contribution is 0.600. The third kappa shape index (κ3) is 2.52. The van der Waals surface area contributed by atoms with Crippen LogP contribution in [0.25, 0.3) is 0 Å². The number of sulfonamides is 1. The predicted octanol–water partition coefficient (Wildman–Crippen LogP) is 2.66. The van der Waals surface area contributed by atoms with E-state index in [1.165, 1.54) is 0 Å². The van der Waals surface area contributed by atoms with Gasteiger partial charge in [-0.25, -0.2) is 8.42 Å². The second-order valence-corrected chi connectivity index (χ2v) is 6.64. The Bertz CT molecular complexity index is 480. The molecule has 1 saturated carbocycles. The Balaban J connectivity index is 2.27. The third-order valence-electron chi connectivity index (χ3n) is 2.34. The summed E-state index contributed by atoms with van der Waals surface area (Å²) in [6, 6.07) is 5.60. The molecule has 1 aromatic carbocycles. The summed E-state index contributed by atoms with van der Waals surface area (Å²) in [5.74, 6) is 0. The van der Waals surface area contributed by atoms with Gasteiger partial charge in [0.05, 0.1) is 10.9 Å². The smallest absolute Gasteiger partial charge is 0.235 e. The van der Waals surface area contributed by atoms with Crippen molar-refractivity contribution < 1.29 is 8.42 Å². The van der Waals surface area contributed by atoms with Gasteiger partial charge < -0.3 is 0 Å². The van der Waals surface area contributed by atoms with Gasteiger partial charge in [-0.05, 0) is 53.4 Å². The molecule has 15 heavy (non-hydrogen) atoms. The van der Waals surface area contributed by atoms with Gasteiger partial charge in [-0.2, -0.15) is 0 Å². The molecule has 0 bridgehead atoms. The first-order chi connectivity index (χ1) is 6.99. The normalized spacial score (nSPS) is 16.4. The van der Waals surface area contributed by atoms with Crippen LogP contribution in [0.2, 0.25) is 0 Å². The van der Waals surface area contributed by atoms with Gasteiger partial charge in [0.2, 0.25) is 10.0 Å². The van der Waals surface area contributed by atoms with E-state index in [9.17, 15) is 8.42 Å². The molecular weight excluding hydrogens is 278 g/mol. The molecule has 0 amide bonds. The molecule has 0 atom stereocenters. The number of benzene rings is 1. The van der Waals surface area contributed by atoms with E-state index in [-0.39, 0.29) is 5.25 Å². The average molecular weight is 290 g/mol. The van der Waals surface area contributed by atoms with Gasteiger partial charge in [-0.3, -0.25) is 4.72 Å². The molecule has 1 aromatic rings. The van der Waals surface area contributed by atoms with Crippen molar-refractivity contribution in [2.24, 2.45) is 0 Å². The van der Waals surface area contributed by atoms with Crippen molar-refractivity contribution >= 4 is 31.6 Å². The Morgan fingerprint density at radius 1 is 1.40 bits per heavy atom. The molecule has 1 N–H and O–H groups in total. The van der Waals surface area contributed by atoms with Crippen LogP contribution in [0.3, 0.4) is 0 Å². The Morgan fingerprint density at radius 2 is 2.07 bits per heavy atom. The molecule has 0 heterocycles. The van der Waals surface area contributed by atoms with E-state index in [2.05, 4.69) is 20.7 Å². The van der Waals surface area contributed by atoms with Gasteiger partial charge in [-0.1, -0.05) is 6.07 Å². The summed E-state index contributed by atoms with van der Waals surface area (Å²) in [7, 11) is -3.16. The fraction of sp³-hybridized carbons (Fsp3) is 0.400. The average Bonchev–Trinajstić information content (AvgIpc) is 2.93. The predicted molar refractivity (Wildman–Crippen MR) is 64.4 cm³/mol. The number of rotatable bonds is 3. The molecule has 82 valence electrons. The lowest BCUT2D eigenvalue weighted by Crippen LogP contribution is -2.17. The van der Waals surface area contributed by atoms with Gasteiger partial charge in [0.25, 0.3) is 0 Å². The quantitative estimate of drug-likeness (QED) is 0.930. The largest absolute Gasteiger partial charge is 0.282 e. The number of anilines is 1. The van der Waals surface area contributed by atoms with Crippen molar-refractivity contribution in [2.45, 2.75) is 25.0 Å². The summed E-state index contributed by atoms with van der Waals surface area (Å²) < 4.78 is 26.8. The van der Waals surface area contributed by atoms with E-state index >= 15 is 0 Å². The molecule has 0 saturated heterocycles. The van der Waals surface area contributed by atoms with Crippen molar-refractivity contribution in [3.8, 4) is 0 Å². The topological polar surface area (TPSA) is 46.2 Å². The van der Waals surface area contributed by atoms with Crippen LogP contribution in [-0.2, 0) is 10.0 Å². The lowest BCUT2D eigenvalue weighted by atomic mass is 10.2. The van der Waals surface area contributed by atoms with Crippen LogP contribution in [-0.4, -0.2) is 13.7 Å². The monoisotopic (exact) mass is 289 g/mol. The van der Waals surface area contributed by atoms with E-state index in [1.54, 1.807) is 0 Å². The maximum absolute atomic E-state index is 11.7. The van der Waals surface area contributed by atoms with Crippen LogP contribution >= 0.6 is 15.9 Å². The van der Waals surface area contributed by atoms with Crippen molar-refractivity contribution in [2.75, 3.05) is 4.72 Å². The summed E-state index contributed by atoms with van der Waals surface area (Å²) in [6.07, 6.45) is 1.55. The molecule has 0 unspecified atom stereocenters. The second kappa shape index (κ2) is 3.79. The van der Waals surface area contributed by atoms with Gasteiger partial charge in [-0.15, -0.1) is 0 Å². The van der Waals surface area contributed by atoms with Gasteiger partial charge in [0, 0.05) is 4.47 Å². The first-order valence-electron chi connectivity index (χ1n) is 4.77. The van der Waals surface area contributed by atoms with Crippen LogP contribution in [0.5, 0.6) is 0 Å². The Kier molecular flexibility index (Phi) is 2.77. The number of hydrogen-bond acceptors (Lipinski definition) is 2. The molecule has 5 heteroatoms. The summed E-state index contributed by atoms with van der Waals surface area (Å²) >= 11 is 3.33. The molecule has 0 aliphatic heterocycles. The summed E-state index contributed by atoms with van der Waals surface area (Å²) in [5, 5.41) is -0.190. The minimum absolute atomic E-state index is 0.190. The van der Waals surface area contributed by atoms with E-state index in [1.807, 2.05) is 25.1 Å². The maximum Gasteiger partial charge on any atom is 0.235 e.